The molecule has 2 aromatic rings. The molecule has 0 aromatic carbocycles. The number of fused-ring (bicyclic) bond motifs is 2. The van der Waals surface area contributed by atoms with Gasteiger partial charge in [-0.2, -0.15) is 5.10 Å². The molecule has 5 nitrogen and oxygen atoms in total. The van der Waals surface area contributed by atoms with E-state index in [0.717, 1.165) is 44.7 Å². The number of hydrogen-bond acceptors (Lipinski definition) is 3. The van der Waals surface area contributed by atoms with Gasteiger partial charge < -0.3 is 9.88 Å². The molecule has 0 aliphatic carbocycles. The van der Waals surface area contributed by atoms with E-state index in [1.807, 2.05) is 0 Å². The molecule has 4 heterocycles. The topological polar surface area (TPSA) is 47.7 Å². The van der Waals surface area contributed by atoms with Gasteiger partial charge in [0.05, 0.1) is 0 Å². The van der Waals surface area contributed by atoms with Gasteiger partial charge in [0.1, 0.15) is 6.33 Å². The van der Waals surface area contributed by atoms with E-state index in [0.29, 0.717) is 0 Å². The van der Waals surface area contributed by atoms with Gasteiger partial charge >= 0.3 is 0 Å². The predicted octanol–water partition coefficient (Wildman–Crippen LogP) is 1.36. The van der Waals surface area contributed by atoms with Gasteiger partial charge in [0.25, 0.3) is 0 Å². The molecule has 4 rings (SSSR count). The van der Waals surface area contributed by atoms with Crippen LogP contribution in [0.1, 0.15) is 29.9 Å². The fourth-order valence-corrected chi connectivity index (χ4v) is 3.38. The maximum absolute atomic E-state index is 4.55. The van der Waals surface area contributed by atoms with Crippen LogP contribution in [0.2, 0.25) is 0 Å². The third-order valence-electron chi connectivity index (χ3n) is 4.43. The molecule has 1 fully saturated rings. The minimum Gasteiger partial charge on any atom is -0.354 e. The molecule has 0 saturated carbocycles. The van der Waals surface area contributed by atoms with E-state index >= 15 is 0 Å². The number of hydrogen-bond donors (Lipinski definition) is 1. The van der Waals surface area contributed by atoms with E-state index in [4.69, 9.17) is 0 Å². The van der Waals surface area contributed by atoms with Crippen LogP contribution in [0.25, 0.3) is 5.57 Å². The van der Waals surface area contributed by atoms with Crippen LogP contribution < -0.4 is 5.32 Å². The van der Waals surface area contributed by atoms with E-state index in [2.05, 4.69) is 44.0 Å². The van der Waals surface area contributed by atoms with Crippen LogP contribution in [0.15, 0.2) is 24.2 Å². The van der Waals surface area contributed by atoms with Crippen molar-refractivity contribution < 1.29 is 0 Å². The maximum atomic E-state index is 4.55. The minimum atomic E-state index is 0.912. The van der Waals surface area contributed by atoms with E-state index in [1.54, 1.807) is 6.33 Å². The summed E-state index contributed by atoms with van der Waals surface area (Å²) >= 11 is 0. The molecule has 1 saturated heterocycles. The van der Waals surface area contributed by atoms with E-state index in [-0.39, 0.29) is 0 Å². The zero-order chi connectivity index (χ0) is 13.5. The van der Waals surface area contributed by atoms with Crippen LogP contribution in [0, 0.1) is 0 Å². The molecule has 20 heavy (non-hydrogen) atoms. The molecule has 5 heteroatoms. The van der Waals surface area contributed by atoms with Crippen LogP contribution in [-0.4, -0.2) is 32.4 Å². The van der Waals surface area contributed by atoms with Gasteiger partial charge in [-0.3, -0.25) is 0 Å². The molecule has 2 aromatic heterocycles. The Kier molecular flexibility index (Phi) is 2.73. The number of piperidine rings is 1. The first kappa shape index (κ1) is 11.9. The lowest BCUT2D eigenvalue weighted by Crippen LogP contribution is -2.24. The molecule has 0 spiro atoms. The number of aromatic nitrogens is 4. The van der Waals surface area contributed by atoms with Gasteiger partial charge in [-0.15, -0.1) is 0 Å². The predicted molar refractivity (Wildman–Crippen MR) is 77.3 cm³/mol. The number of nitrogens with one attached hydrogen (secondary N) is 1. The molecule has 0 bridgehead atoms. The van der Waals surface area contributed by atoms with Gasteiger partial charge in [0, 0.05) is 43.0 Å². The first-order valence-corrected chi connectivity index (χ1v) is 7.30. The second kappa shape index (κ2) is 4.59. The average molecular weight is 269 g/mol. The van der Waals surface area contributed by atoms with E-state index in [1.165, 1.54) is 22.4 Å². The zero-order valence-electron chi connectivity index (χ0n) is 11.8. The normalized spacial score (nSPS) is 18.6. The van der Waals surface area contributed by atoms with Crippen molar-refractivity contribution in [2.45, 2.75) is 25.8 Å². The third-order valence-corrected chi connectivity index (χ3v) is 4.43. The van der Waals surface area contributed by atoms with Gasteiger partial charge in [-0.05, 0) is 32.0 Å². The lowest BCUT2D eigenvalue weighted by atomic mass is 9.93. The Morgan fingerprint density at radius 3 is 2.90 bits per heavy atom. The first-order valence-electron chi connectivity index (χ1n) is 7.30. The monoisotopic (exact) mass is 269 g/mol. The van der Waals surface area contributed by atoms with Crippen molar-refractivity contribution in [2.75, 3.05) is 13.1 Å². The average Bonchev–Trinajstić information content (AvgIpc) is 3.04. The molecule has 104 valence electrons. The van der Waals surface area contributed by atoms with Crippen molar-refractivity contribution in [3.05, 3.63) is 41.2 Å². The molecule has 0 radical (unpaired) electrons. The fourth-order valence-electron chi connectivity index (χ4n) is 3.38. The molecular weight excluding hydrogens is 250 g/mol. The Morgan fingerprint density at radius 2 is 2.05 bits per heavy atom. The lowest BCUT2D eigenvalue weighted by Gasteiger charge is -2.19. The summed E-state index contributed by atoms with van der Waals surface area (Å²) in [5.41, 5.74) is 5.61. The third kappa shape index (κ3) is 1.73. The SMILES string of the molecule is Cn1ccc2c1CCn1ncnc1C2=C1CCNCC1. The van der Waals surface area contributed by atoms with Gasteiger partial charge in [0.15, 0.2) is 5.82 Å². The molecule has 2 aliphatic rings. The van der Waals surface area contributed by atoms with Crippen molar-refractivity contribution in [2.24, 2.45) is 7.05 Å². The fraction of sp³-hybridized carbons (Fsp3) is 0.467. The highest BCUT2D eigenvalue weighted by Gasteiger charge is 2.25. The number of rotatable bonds is 0. The molecule has 2 aliphatic heterocycles. The molecule has 0 amide bonds. The van der Waals surface area contributed by atoms with Gasteiger partial charge in [-0.1, -0.05) is 5.57 Å². The summed E-state index contributed by atoms with van der Waals surface area (Å²) in [4.78, 5) is 4.55. The summed E-state index contributed by atoms with van der Waals surface area (Å²) in [5, 5.41) is 7.83. The quantitative estimate of drug-likeness (QED) is 0.785. The van der Waals surface area contributed by atoms with Gasteiger partial charge in [-0.25, -0.2) is 9.67 Å². The van der Waals surface area contributed by atoms with Crippen molar-refractivity contribution in [3.63, 3.8) is 0 Å². The zero-order valence-corrected chi connectivity index (χ0v) is 11.8. The largest absolute Gasteiger partial charge is 0.354 e. The van der Waals surface area contributed by atoms with Crippen molar-refractivity contribution >= 4 is 5.57 Å². The Hall–Kier alpha value is -1.88. The highest BCUT2D eigenvalue weighted by Crippen LogP contribution is 2.34. The summed E-state index contributed by atoms with van der Waals surface area (Å²) in [6.07, 6.45) is 7.08. The second-order valence-electron chi connectivity index (χ2n) is 5.57. The van der Waals surface area contributed by atoms with Crippen LogP contribution in [0.3, 0.4) is 0 Å². The lowest BCUT2D eigenvalue weighted by molar-refractivity contribution is 0.593. The minimum absolute atomic E-state index is 0.912. The highest BCUT2D eigenvalue weighted by molar-refractivity contribution is 5.81. The van der Waals surface area contributed by atoms with Gasteiger partial charge in [0.2, 0.25) is 0 Å². The maximum Gasteiger partial charge on any atom is 0.158 e. The summed E-state index contributed by atoms with van der Waals surface area (Å²) in [6.45, 7) is 3.04. The molecule has 0 atom stereocenters. The van der Waals surface area contributed by atoms with E-state index < -0.39 is 0 Å². The van der Waals surface area contributed by atoms with Crippen LogP contribution in [-0.2, 0) is 20.0 Å². The number of aryl methyl sites for hydroxylation is 2. The van der Waals surface area contributed by atoms with Crippen LogP contribution in [0.4, 0.5) is 0 Å². The highest BCUT2D eigenvalue weighted by atomic mass is 15.3. The summed E-state index contributed by atoms with van der Waals surface area (Å²) < 4.78 is 4.30. The Balaban J connectivity index is 1.96. The van der Waals surface area contributed by atoms with Crippen molar-refractivity contribution in [1.29, 1.82) is 0 Å². The van der Waals surface area contributed by atoms with Crippen LogP contribution >= 0.6 is 0 Å². The standard InChI is InChI=1S/C15H19N5/c1-19-8-4-12-13(19)5-9-20-15(17-10-18-20)14(12)11-2-6-16-7-3-11/h4,8,10,16H,2-3,5-7,9H2,1H3. The summed E-state index contributed by atoms with van der Waals surface area (Å²) in [7, 11) is 2.13. The van der Waals surface area contributed by atoms with E-state index in [9.17, 15) is 0 Å². The second-order valence-corrected chi connectivity index (χ2v) is 5.57. The molecule has 1 N–H and O–H groups in total. The summed E-state index contributed by atoms with van der Waals surface area (Å²) in [6, 6.07) is 2.24. The first-order chi connectivity index (χ1) is 9.84. The molecular formula is C15H19N5. The summed E-state index contributed by atoms with van der Waals surface area (Å²) in [5.74, 6) is 1.05. The smallest absolute Gasteiger partial charge is 0.158 e. The Bertz CT molecular complexity index is 668. The molecule has 0 unspecified atom stereocenters. The Morgan fingerprint density at radius 1 is 1.20 bits per heavy atom. The van der Waals surface area contributed by atoms with Crippen molar-refractivity contribution in [1.82, 2.24) is 24.6 Å². The number of nitrogens with zero attached hydrogens (tertiary/aromatic N) is 4. The van der Waals surface area contributed by atoms with Crippen molar-refractivity contribution in [3.8, 4) is 0 Å². The Labute approximate surface area is 118 Å². The van der Waals surface area contributed by atoms with Crippen LogP contribution in [0.5, 0.6) is 0 Å².